The van der Waals surface area contributed by atoms with E-state index in [0.29, 0.717) is 0 Å². The van der Waals surface area contributed by atoms with Crippen molar-refractivity contribution in [3.8, 4) is 0 Å². The summed E-state index contributed by atoms with van der Waals surface area (Å²) >= 11 is 0. The maximum absolute atomic E-state index is 4.25. The lowest BCUT2D eigenvalue weighted by Gasteiger charge is -2.02. The summed E-state index contributed by atoms with van der Waals surface area (Å²) in [6, 6.07) is 0. The fraction of sp³-hybridized carbons (Fsp3) is 0.667. The first-order chi connectivity index (χ1) is 4.75. The lowest BCUT2D eigenvalue weighted by Crippen LogP contribution is -2.11. The summed E-state index contributed by atoms with van der Waals surface area (Å²) in [7, 11) is 2.06. The minimum Gasteiger partial charge on any atom is -0.280 e. The van der Waals surface area contributed by atoms with Crippen molar-refractivity contribution in [3.63, 3.8) is 0 Å². The molecule has 0 radical (unpaired) electrons. The predicted molar refractivity (Wildman–Crippen MR) is 36.2 cm³/mol. The standard InChI is InChI=1S/C6H10N4/c1-5-7-6-3-9(2)4-10(6)8-5/h3-4H2,1-2H3. The molecule has 0 spiro atoms. The fourth-order valence-corrected chi connectivity index (χ4v) is 1.25. The van der Waals surface area contributed by atoms with Crippen LogP contribution < -0.4 is 0 Å². The summed E-state index contributed by atoms with van der Waals surface area (Å²) in [5.74, 6) is 1.96. The molecule has 0 saturated heterocycles. The highest BCUT2D eigenvalue weighted by atomic mass is 15.5. The number of nitrogens with zero attached hydrogens (tertiary/aromatic N) is 4. The Morgan fingerprint density at radius 3 is 3.00 bits per heavy atom. The molecule has 4 heteroatoms. The van der Waals surface area contributed by atoms with E-state index < -0.39 is 0 Å². The average Bonchev–Trinajstić information content (AvgIpc) is 2.21. The molecule has 1 aliphatic heterocycles. The van der Waals surface area contributed by atoms with Gasteiger partial charge in [0.25, 0.3) is 0 Å². The normalized spacial score (nSPS) is 17.8. The van der Waals surface area contributed by atoms with Crippen LogP contribution in [0.1, 0.15) is 11.6 Å². The van der Waals surface area contributed by atoms with Crippen LogP contribution in [0.3, 0.4) is 0 Å². The van der Waals surface area contributed by atoms with E-state index in [1.54, 1.807) is 0 Å². The van der Waals surface area contributed by atoms with Gasteiger partial charge in [0.05, 0.1) is 13.2 Å². The number of aryl methyl sites for hydroxylation is 1. The van der Waals surface area contributed by atoms with Crippen molar-refractivity contribution in [2.45, 2.75) is 20.1 Å². The molecule has 10 heavy (non-hydrogen) atoms. The third kappa shape index (κ3) is 0.724. The van der Waals surface area contributed by atoms with Crippen molar-refractivity contribution in [2.24, 2.45) is 0 Å². The van der Waals surface area contributed by atoms with Crippen molar-refractivity contribution in [3.05, 3.63) is 11.6 Å². The van der Waals surface area contributed by atoms with Gasteiger partial charge in [-0.15, -0.1) is 0 Å². The van der Waals surface area contributed by atoms with Gasteiger partial charge in [0, 0.05) is 0 Å². The van der Waals surface area contributed by atoms with Gasteiger partial charge in [0.1, 0.15) is 11.6 Å². The molecular formula is C6H10N4. The van der Waals surface area contributed by atoms with Crippen molar-refractivity contribution >= 4 is 0 Å². The minimum absolute atomic E-state index is 0.878. The van der Waals surface area contributed by atoms with Crippen LogP contribution >= 0.6 is 0 Å². The third-order valence-corrected chi connectivity index (χ3v) is 1.64. The lowest BCUT2D eigenvalue weighted by atomic mass is 10.6. The average molecular weight is 138 g/mol. The molecule has 0 N–H and O–H groups in total. The number of hydrogen-bond donors (Lipinski definition) is 0. The molecule has 2 heterocycles. The Balaban J connectivity index is 2.39. The van der Waals surface area contributed by atoms with Crippen LogP contribution in [0.25, 0.3) is 0 Å². The number of fused-ring (bicyclic) bond motifs is 1. The SMILES string of the molecule is Cc1nc2n(n1)CN(C)C2. The molecule has 0 amide bonds. The van der Waals surface area contributed by atoms with E-state index in [1.165, 1.54) is 0 Å². The molecule has 1 aliphatic rings. The van der Waals surface area contributed by atoms with Gasteiger partial charge < -0.3 is 0 Å². The predicted octanol–water partition coefficient (Wildman–Crippen LogP) is -0.0106. The maximum atomic E-state index is 4.25. The smallest absolute Gasteiger partial charge is 0.147 e. The zero-order chi connectivity index (χ0) is 7.14. The van der Waals surface area contributed by atoms with Crippen LogP contribution in [0.15, 0.2) is 0 Å². The molecule has 0 fully saturated rings. The van der Waals surface area contributed by atoms with Crippen molar-refractivity contribution in [2.75, 3.05) is 7.05 Å². The van der Waals surface area contributed by atoms with Crippen LogP contribution in [0.2, 0.25) is 0 Å². The first-order valence-electron chi connectivity index (χ1n) is 3.34. The molecule has 54 valence electrons. The highest BCUT2D eigenvalue weighted by Crippen LogP contribution is 2.09. The molecule has 1 aromatic heterocycles. The van der Waals surface area contributed by atoms with E-state index in [9.17, 15) is 0 Å². The van der Waals surface area contributed by atoms with Gasteiger partial charge in [-0.05, 0) is 14.0 Å². The summed E-state index contributed by atoms with van der Waals surface area (Å²) in [6.45, 7) is 3.74. The van der Waals surface area contributed by atoms with E-state index in [4.69, 9.17) is 0 Å². The summed E-state index contributed by atoms with van der Waals surface area (Å²) in [6.07, 6.45) is 0. The molecule has 2 rings (SSSR count). The molecule has 0 aliphatic carbocycles. The Morgan fingerprint density at radius 2 is 2.30 bits per heavy atom. The van der Waals surface area contributed by atoms with Crippen molar-refractivity contribution in [1.82, 2.24) is 19.7 Å². The van der Waals surface area contributed by atoms with Gasteiger partial charge in [0.2, 0.25) is 0 Å². The number of aromatic nitrogens is 3. The molecule has 0 bridgehead atoms. The lowest BCUT2D eigenvalue weighted by molar-refractivity contribution is 0.304. The Morgan fingerprint density at radius 1 is 1.50 bits per heavy atom. The van der Waals surface area contributed by atoms with Crippen molar-refractivity contribution in [1.29, 1.82) is 0 Å². The second kappa shape index (κ2) is 1.79. The fourth-order valence-electron chi connectivity index (χ4n) is 1.25. The monoisotopic (exact) mass is 138 g/mol. The quantitative estimate of drug-likeness (QED) is 0.505. The highest BCUT2D eigenvalue weighted by Gasteiger charge is 2.17. The molecule has 0 saturated carbocycles. The topological polar surface area (TPSA) is 34.0 Å². The third-order valence-electron chi connectivity index (χ3n) is 1.64. The zero-order valence-electron chi connectivity index (χ0n) is 6.20. The van der Waals surface area contributed by atoms with E-state index >= 15 is 0 Å². The first-order valence-corrected chi connectivity index (χ1v) is 3.34. The van der Waals surface area contributed by atoms with E-state index in [2.05, 4.69) is 22.0 Å². The maximum Gasteiger partial charge on any atom is 0.147 e. The molecule has 0 unspecified atom stereocenters. The number of rotatable bonds is 0. The minimum atomic E-state index is 0.878. The van der Waals surface area contributed by atoms with Gasteiger partial charge in [-0.1, -0.05) is 0 Å². The van der Waals surface area contributed by atoms with Gasteiger partial charge in [-0.25, -0.2) is 9.67 Å². The molecule has 0 aromatic carbocycles. The van der Waals surface area contributed by atoms with Gasteiger partial charge in [-0.2, -0.15) is 5.10 Å². The van der Waals surface area contributed by atoms with Crippen LogP contribution in [0, 0.1) is 6.92 Å². The Bertz CT molecular complexity index is 229. The second-order valence-corrected chi connectivity index (χ2v) is 2.73. The van der Waals surface area contributed by atoms with Gasteiger partial charge in [0.15, 0.2) is 0 Å². The molecular weight excluding hydrogens is 128 g/mol. The highest BCUT2D eigenvalue weighted by molar-refractivity contribution is 4.93. The molecule has 1 aromatic rings. The summed E-state index contributed by atoms with van der Waals surface area (Å²) in [5.41, 5.74) is 0. The van der Waals surface area contributed by atoms with E-state index in [-0.39, 0.29) is 0 Å². The van der Waals surface area contributed by atoms with E-state index in [0.717, 1.165) is 24.9 Å². The summed E-state index contributed by atoms with van der Waals surface area (Å²) in [5, 5.41) is 4.21. The second-order valence-electron chi connectivity index (χ2n) is 2.73. The Kier molecular flexibility index (Phi) is 1.05. The van der Waals surface area contributed by atoms with Crippen LogP contribution in [-0.4, -0.2) is 26.7 Å². The van der Waals surface area contributed by atoms with E-state index in [1.807, 2.05) is 11.6 Å². The van der Waals surface area contributed by atoms with Crippen molar-refractivity contribution < 1.29 is 0 Å². The van der Waals surface area contributed by atoms with Crippen LogP contribution in [0.5, 0.6) is 0 Å². The van der Waals surface area contributed by atoms with Crippen LogP contribution in [0.4, 0.5) is 0 Å². The van der Waals surface area contributed by atoms with Crippen LogP contribution in [-0.2, 0) is 13.2 Å². The van der Waals surface area contributed by atoms with Gasteiger partial charge in [-0.3, -0.25) is 4.90 Å². The zero-order valence-corrected chi connectivity index (χ0v) is 6.20. The summed E-state index contributed by atoms with van der Waals surface area (Å²) in [4.78, 5) is 6.43. The number of hydrogen-bond acceptors (Lipinski definition) is 3. The Hall–Kier alpha value is -0.900. The first kappa shape index (κ1) is 5.85. The van der Waals surface area contributed by atoms with Gasteiger partial charge >= 0.3 is 0 Å². The summed E-state index contributed by atoms with van der Waals surface area (Å²) < 4.78 is 1.94. The molecule has 0 atom stereocenters. The molecule has 4 nitrogen and oxygen atoms in total. The largest absolute Gasteiger partial charge is 0.280 e. The Labute approximate surface area is 59.5 Å².